The lowest BCUT2D eigenvalue weighted by Gasteiger charge is -2.15. The number of methoxy groups -OCH3 is 1. The molecule has 0 spiro atoms. The van der Waals surface area contributed by atoms with E-state index >= 15 is 0 Å². The van der Waals surface area contributed by atoms with Gasteiger partial charge in [0.05, 0.1) is 0 Å². The molecule has 0 aliphatic heterocycles. The number of nitrogens with zero attached hydrogens (tertiary/aromatic N) is 1. The Balaban J connectivity index is 2.25. The Kier molecular flexibility index (Phi) is 6.18. The summed E-state index contributed by atoms with van der Waals surface area (Å²) in [6.07, 6.45) is 4.63. The number of ether oxygens (including phenoxy) is 1. The van der Waals surface area contributed by atoms with Crippen molar-refractivity contribution in [3.63, 3.8) is 0 Å². The minimum atomic E-state index is 0.521. The summed E-state index contributed by atoms with van der Waals surface area (Å²) in [6, 6.07) is 0.521. The standard InChI is InChI=1S/C11H24N4O/c1-9-4-5-10(8-9)14-11(15-12)13-6-3-7-16-2/h9-10H,3-8,12H2,1-2H3,(H2,13,14,15). The minimum Gasteiger partial charge on any atom is -0.385 e. The molecule has 94 valence electrons. The molecule has 1 fully saturated rings. The van der Waals surface area contributed by atoms with Gasteiger partial charge in [0, 0.05) is 26.3 Å². The predicted molar refractivity (Wildman–Crippen MR) is 66.1 cm³/mol. The van der Waals surface area contributed by atoms with Crippen molar-refractivity contribution in [2.24, 2.45) is 16.8 Å². The van der Waals surface area contributed by atoms with Gasteiger partial charge < -0.3 is 10.1 Å². The van der Waals surface area contributed by atoms with Gasteiger partial charge in [-0.15, -0.1) is 0 Å². The fraction of sp³-hybridized carbons (Fsp3) is 0.909. The van der Waals surface area contributed by atoms with Crippen LogP contribution in [-0.2, 0) is 4.74 Å². The molecule has 0 heterocycles. The monoisotopic (exact) mass is 228 g/mol. The van der Waals surface area contributed by atoms with Gasteiger partial charge in [-0.3, -0.25) is 10.4 Å². The molecule has 0 aromatic carbocycles. The average molecular weight is 228 g/mol. The largest absolute Gasteiger partial charge is 0.385 e. The van der Waals surface area contributed by atoms with Crippen LogP contribution in [0.3, 0.4) is 0 Å². The van der Waals surface area contributed by atoms with Gasteiger partial charge in [-0.05, 0) is 31.6 Å². The molecule has 1 aliphatic rings. The van der Waals surface area contributed by atoms with Crippen LogP contribution < -0.4 is 16.6 Å². The first kappa shape index (κ1) is 13.3. The van der Waals surface area contributed by atoms with Crippen LogP contribution in [0.1, 0.15) is 32.6 Å². The van der Waals surface area contributed by atoms with Crippen LogP contribution in [0.4, 0.5) is 0 Å². The third kappa shape index (κ3) is 4.81. The van der Waals surface area contributed by atoms with E-state index in [-0.39, 0.29) is 0 Å². The zero-order valence-corrected chi connectivity index (χ0v) is 10.3. The summed E-state index contributed by atoms with van der Waals surface area (Å²) in [7, 11) is 1.70. The van der Waals surface area contributed by atoms with Crippen molar-refractivity contribution in [1.82, 2.24) is 10.7 Å². The molecule has 1 saturated carbocycles. The molecule has 4 N–H and O–H groups in total. The van der Waals surface area contributed by atoms with Crippen LogP contribution in [0.25, 0.3) is 0 Å². The molecule has 2 atom stereocenters. The summed E-state index contributed by atoms with van der Waals surface area (Å²) in [5.41, 5.74) is 2.62. The normalized spacial score (nSPS) is 25.8. The summed E-state index contributed by atoms with van der Waals surface area (Å²) in [4.78, 5) is 4.36. The highest BCUT2D eigenvalue weighted by molar-refractivity contribution is 5.79. The van der Waals surface area contributed by atoms with Crippen LogP contribution in [-0.4, -0.2) is 32.3 Å². The number of hydrazine groups is 1. The molecule has 5 nitrogen and oxygen atoms in total. The zero-order chi connectivity index (χ0) is 11.8. The SMILES string of the molecule is COCCCN=C(NN)NC1CCC(C)C1. The molecular formula is C11H24N4O. The fourth-order valence-corrected chi connectivity index (χ4v) is 2.06. The molecule has 0 aromatic heterocycles. The molecule has 0 bridgehead atoms. The second-order valence-electron chi connectivity index (χ2n) is 4.48. The van der Waals surface area contributed by atoms with E-state index in [0.717, 1.165) is 25.5 Å². The number of nitrogens with two attached hydrogens (primary N) is 1. The second kappa shape index (κ2) is 7.46. The Hall–Kier alpha value is -0.810. The zero-order valence-electron chi connectivity index (χ0n) is 10.3. The maximum atomic E-state index is 5.43. The van der Waals surface area contributed by atoms with Gasteiger partial charge in [0.15, 0.2) is 0 Å². The van der Waals surface area contributed by atoms with Gasteiger partial charge in [0.1, 0.15) is 0 Å². The third-order valence-corrected chi connectivity index (χ3v) is 2.95. The topological polar surface area (TPSA) is 71.7 Å². The lowest BCUT2D eigenvalue weighted by molar-refractivity contribution is 0.197. The van der Waals surface area contributed by atoms with E-state index in [0.29, 0.717) is 12.0 Å². The van der Waals surface area contributed by atoms with Crippen molar-refractivity contribution < 1.29 is 4.74 Å². The van der Waals surface area contributed by atoms with E-state index in [2.05, 4.69) is 22.7 Å². The molecule has 0 aromatic rings. The van der Waals surface area contributed by atoms with Crippen LogP contribution in [0.15, 0.2) is 4.99 Å². The Morgan fingerprint density at radius 3 is 2.88 bits per heavy atom. The molecule has 0 saturated heterocycles. The number of hydrogen-bond donors (Lipinski definition) is 3. The first-order valence-corrected chi connectivity index (χ1v) is 6.02. The first-order valence-electron chi connectivity index (χ1n) is 6.02. The van der Waals surface area contributed by atoms with Crippen molar-refractivity contribution in [2.75, 3.05) is 20.3 Å². The van der Waals surface area contributed by atoms with Crippen molar-refractivity contribution in [3.05, 3.63) is 0 Å². The van der Waals surface area contributed by atoms with Crippen LogP contribution >= 0.6 is 0 Å². The molecule has 0 amide bonds. The summed E-state index contributed by atoms with van der Waals surface area (Å²) < 4.78 is 4.96. The Morgan fingerprint density at radius 2 is 2.31 bits per heavy atom. The van der Waals surface area contributed by atoms with Gasteiger partial charge >= 0.3 is 0 Å². The maximum absolute atomic E-state index is 5.43. The average Bonchev–Trinajstić information content (AvgIpc) is 2.68. The Labute approximate surface area is 97.8 Å². The summed E-state index contributed by atoms with van der Waals surface area (Å²) in [5, 5.41) is 3.35. The Bertz CT molecular complexity index is 220. The van der Waals surface area contributed by atoms with Crippen LogP contribution in [0.5, 0.6) is 0 Å². The second-order valence-corrected chi connectivity index (χ2v) is 4.48. The summed E-state index contributed by atoms with van der Waals surface area (Å²) >= 11 is 0. The lowest BCUT2D eigenvalue weighted by Crippen LogP contribution is -2.45. The molecule has 1 aliphatic carbocycles. The van der Waals surface area contributed by atoms with Crippen molar-refractivity contribution in [2.45, 2.75) is 38.6 Å². The van der Waals surface area contributed by atoms with E-state index < -0.39 is 0 Å². The van der Waals surface area contributed by atoms with Gasteiger partial charge in [0.2, 0.25) is 5.96 Å². The van der Waals surface area contributed by atoms with Crippen LogP contribution in [0, 0.1) is 5.92 Å². The van der Waals surface area contributed by atoms with Crippen molar-refractivity contribution in [3.8, 4) is 0 Å². The number of guanidine groups is 1. The smallest absolute Gasteiger partial charge is 0.205 e. The van der Waals surface area contributed by atoms with Gasteiger partial charge in [-0.25, -0.2) is 5.84 Å². The lowest BCUT2D eigenvalue weighted by atomic mass is 10.1. The van der Waals surface area contributed by atoms with E-state index in [1.807, 2.05) is 0 Å². The first-order chi connectivity index (χ1) is 7.76. The number of aliphatic imine (C=N–C) groups is 1. The fourth-order valence-electron chi connectivity index (χ4n) is 2.06. The highest BCUT2D eigenvalue weighted by Gasteiger charge is 2.21. The highest BCUT2D eigenvalue weighted by Crippen LogP contribution is 2.24. The number of nitrogens with one attached hydrogen (secondary N) is 2. The Morgan fingerprint density at radius 1 is 1.50 bits per heavy atom. The molecular weight excluding hydrogens is 204 g/mol. The minimum absolute atomic E-state index is 0.521. The quantitative estimate of drug-likeness (QED) is 0.212. The van der Waals surface area contributed by atoms with Crippen LogP contribution in [0.2, 0.25) is 0 Å². The van der Waals surface area contributed by atoms with E-state index in [1.54, 1.807) is 7.11 Å². The number of hydrogen-bond acceptors (Lipinski definition) is 3. The summed E-state index contributed by atoms with van der Waals surface area (Å²) in [6.45, 7) is 3.76. The molecule has 16 heavy (non-hydrogen) atoms. The molecule has 5 heteroatoms. The predicted octanol–water partition coefficient (Wildman–Crippen LogP) is 0.620. The van der Waals surface area contributed by atoms with Crippen molar-refractivity contribution in [1.29, 1.82) is 0 Å². The summed E-state index contributed by atoms with van der Waals surface area (Å²) in [5.74, 6) is 6.94. The highest BCUT2D eigenvalue weighted by atomic mass is 16.5. The van der Waals surface area contributed by atoms with Gasteiger partial charge in [0.25, 0.3) is 0 Å². The van der Waals surface area contributed by atoms with E-state index in [4.69, 9.17) is 10.6 Å². The number of rotatable bonds is 5. The van der Waals surface area contributed by atoms with E-state index in [9.17, 15) is 0 Å². The third-order valence-electron chi connectivity index (χ3n) is 2.95. The molecule has 2 unspecified atom stereocenters. The van der Waals surface area contributed by atoms with Gasteiger partial charge in [-0.1, -0.05) is 6.92 Å². The maximum Gasteiger partial charge on any atom is 0.205 e. The van der Waals surface area contributed by atoms with Crippen molar-refractivity contribution >= 4 is 5.96 Å². The molecule has 0 radical (unpaired) electrons. The van der Waals surface area contributed by atoms with Gasteiger partial charge in [-0.2, -0.15) is 0 Å². The molecule has 1 rings (SSSR count). The van der Waals surface area contributed by atoms with E-state index in [1.165, 1.54) is 19.3 Å².